The van der Waals surface area contributed by atoms with E-state index in [0.29, 0.717) is 6.04 Å². The lowest BCUT2D eigenvalue weighted by atomic mass is 9.97. The summed E-state index contributed by atoms with van der Waals surface area (Å²) in [6, 6.07) is 0.429. The van der Waals surface area contributed by atoms with Gasteiger partial charge in [-0.2, -0.15) is 0 Å². The van der Waals surface area contributed by atoms with Gasteiger partial charge in [-0.1, -0.05) is 13.8 Å². The number of likely N-dealkylation sites (N-methyl/N-ethyl adjacent to an activating group) is 2. The zero-order valence-corrected chi connectivity index (χ0v) is 12.7. The smallest absolute Gasteiger partial charge is 0.326 e. The van der Waals surface area contributed by atoms with Crippen LogP contribution in [0.1, 0.15) is 33.1 Å². The lowest BCUT2D eigenvalue weighted by molar-refractivity contribution is -0.148. The van der Waals surface area contributed by atoms with Gasteiger partial charge in [-0.25, -0.2) is 0 Å². The second kappa shape index (κ2) is 7.82. The number of ether oxygens (including phenoxy) is 2. The highest BCUT2D eigenvalue weighted by molar-refractivity contribution is 5.81. The fourth-order valence-electron chi connectivity index (χ4n) is 3.09. The van der Waals surface area contributed by atoms with E-state index in [1.165, 1.54) is 7.11 Å². The first-order valence-corrected chi connectivity index (χ1v) is 7.20. The second-order valence-electron chi connectivity index (χ2n) is 5.12. The number of rotatable bonds is 8. The third-order valence-corrected chi connectivity index (χ3v) is 4.08. The number of carbonyl (C=O) groups excluding carboxylic acids is 1. The molecule has 0 amide bonds. The van der Waals surface area contributed by atoms with Gasteiger partial charge in [-0.3, -0.25) is 9.69 Å². The molecule has 0 bridgehead atoms. The molecule has 1 N–H and O–H groups in total. The van der Waals surface area contributed by atoms with E-state index in [1.54, 1.807) is 7.11 Å². The van der Waals surface area contributed by atoms with E-state index < -0.39 is 5.54 Å². The molecule has 1 rings (SSSR count). The fourth-order valence-corrected chi connectivity index (χ4v) is 3.09. The summed E-state index contributed by atoms with van der Waals surface area (Å²) in [5.41, 5.74) is -0.491. The van der Waals surface area contributed by atoms with Crippen molar-refractivity contribution >= 4 is 5.97 Å². The Kier molecular flexibility index (Phi) is 6.75. The summed E-state index contributed by atoms with van der Waals surface area (Å²) in [6.45, 7) is 7.60. The molecular formula is C14H28N2O3. The van der Waals surface area contributed by atoms with Gasteiger partial charge in [0.05, 0.1) is 13.7 Å². The average molecular weight is 272 g/mol. The summed E-state index contributed by atoms with van der Waals surface area (Å²) >= 11 is 0. The van der Waals surface area contributed by atoms with E-state index in [-0.39, 0.29) is 5.97 Å². The van der Waals surface area contributed by atoms with E-state index >= 15 is 0 Å². The highest BCUT2D eigenvalue weighted by atomic mass is 16.5. The summed E-state index contributed by atoms with van der Waals surface area (Å²) in [5, 5.41) is 3.34. The molecule has 2 atom stereocenters. The van der Waals surface area contributed by atoms with Crippen LogP contribution in [0.25, 0.3) is 0 Å². The van der Waals surface area contributed by atoms with Crippen molar-refractivity contribution in [2.45, 2.75) is 44.7 Å². The fraction of sp³-hybridized carbons (Fsp3) is 0.929. The Morgan fingerprint density at radius 3 is 2.68 bits per heavy atom. The Balaban J connectivity index is 2.68. The van der Waals surface area contributed by atoms with E-state index in [0.717, 1.165) is 45.5 Å². The maximum atomic E-state index is 12.1. The predicted molar refractivity (Wildman–Crippen MR) is 75.2 cm³/mol. The van der Waals surface area contributed by atoms with Crippen LogP contribution in [0.5, 0.6) is 0 Å². The van der Waals surface area contributed by atoms with Crippen molar-refractivity contribution in [1.82, 2.24) is 10.2 Å². The Morgan fingerprint density at radius 1 is 1.42 bits per heavy atom. The third kappa shape index (κ3) is 3.91. The summed E-state index contributed by atoms with van der Waals surface area (Å²) in [4.78, 5) is 14.5. The van der Waals surface area contributed by atoms with Crippen LogP contribution >= 0.6 is 0 Å². The second-order valence-corrected chi connectivity index (χ2v) is 5.12. The lowest BCUT2D eigenvalue weighted by Gasteiger charge is -2.31. The maximum absolute atomic E-state index is 12.1. The number of hydrogen-bond donors (Lipinski definition) is 1. The van der Waals surface area contributed by atoms with Crippen LogP contribution in [0, 0.1) is 0 Å². The molecule has 1 fully saturated rings. The Morgan fingerprint density at radius 2 is 2.16 bits per heavy atom. The topological polar surface area (TPSA) is 50.8 Å². The molecule has 19 heavy (non-hydrogen) atoms. The minimum absolute atomic E-state index is 0.125. The minimum atomic E-state index is -0.491. The van der Waals surface area contributed by atoms with Gasteiger partial charge in [0.1, 0.15) is 5.54 Å². The van der Waals surface area contributed by atoms with Crippen molar-refractivity contribution in [1.29, 1.82) is 0 Å². The van der Waals surface area contributed by atoms with Crippen LogP contribution in [0.4, 0.5) is 0 Å². The van der Waals surface area contributed by atoms with Crippen LogP contribution in [-0.4, -0.2) is 62.9 Å². The number of nitrogens with one attached hydrogen (secondary N) is 1. The van der Waals surface area contributed by atoms with Gasteiger partial charge in [0.25, 0.3) is 0 Å². The van der Waals surface area contributed by atoms with Crippen LogP contribution < -0.4 is 5.32 Å². The molecule has 0 aromatic rings. The van der Waals surface area contributed by atoms with Gasteiger partial charge < -0.3 is 14.8 Å². The first-order valence-electron chi connectivity index (χ1n) is 7.20. The lowest BCUT2D eigenvalue weighted by Crippen LogP contribution is -2.52. The number of carbonyl (C=O) groups is 1. The van der Waals surface area contributed by atoms with Gasteiger partial charge in [-0.15, -0.1) is 0 Å². The Bertz CT molecular complexity index is 286. The highest BCUT2D eigenvalue weighted by Crippen LogP contribution is 2.34. The number of hydrogen-bond acceptors (Lipinski definition) is 5. The quantitative estimate of drug-likeness (QED) is 0.669. The van der Waals surface area contributed by atoms with Crippen molar-refractivity contribution in [3.05, 3.63) is 0 Å². The normalized spacial score (nSPS) is 26.9. The van der Waals surface area contributed by atoms with Crippen LogP contribution in [0.3, 0.4) is 0 Å². The van der Waals surface area contributed by atoms with Crippen LogP contribution in [0.15, 0.2) is 0 Å². The molecule has 0 aromatic carbocycles. The number of esters is 1. The van der Waals surface area contributed by atoms with E-state index in [4.69, 9.17) is 9.47 Å². The van der Waals surface area contributed by atoms with Crippen LogP contribution in [0.2, 0.25) is 0 Å². The molecule has 5 nitrogen and oxygen atoms in total. The largest absolute Gasteiger partial charge is 0.468 e. The SMILES string of the molecule is CCNC1(C(=O)OC)CCC(N(CC)CCOC)C1. The Hall–Kier alpha value is -0.650. The molecule has 0 saturated heterocycles. The van der Waals surface area contributed by atoms with Crippen molar-refractivity contribution in [2.75, 3.05) is 40.5 Å². The van der Waals surface area contributed by atoms with Crippen molar-refractivity contribution in [2.24, 2.45) is 0 Å². The van der Waals surface area contributed by atoms with Crippen molar-refractivity contribution < 1.29 is 14.3 Å². The van der Waals surface area contributed by atoms with Gasteiger partial charge in [-0.05, 0) is 32.4 Å². The van der Waals surface area contributed by atoms with Gasteiger partial charge >= 0.3 is 5.97 Å². The van der Waals surface area contributed by atoms with Crippen molar-refractivity contribution in [3.63, 3.8) is 0 Å². The third-order valence-electron chi connectivity index (χ3n) is 4.08. The average Bonchev–Trinajstić information content (AvgIpc) is 2.84. The molecule has 0 spiro atoms. The zero-order valence-electron chi connectivity index (χ0n) is 12.7. The molecule has 112 valence electrons. The molecule has 0 heterocycles. The molecule has 2 unspecified atom stereocenters. The monoisotopic (exact) mass is 272 g/mol. The van der Waals surface area contributed by atoms with Gasteiger partial charge in [0.2, 0.25) is 0 Å². The molecule has 0 radical (unpaired) electrons. The zero-order chi connectivity index (χ0) is 14.3. The summed E-state index contributed by atoms with van der Waals surface area (Å²) in [6.07, 6.45) is 2.70. The number of nitrogens with zero attached hydrogens (tertiary/aromatic N) is 1. The van der Waals surface area contributed by atoms with Crippen LogP contribution in [-0.2, 0) is 14.3 Å². The summed E-state index contributed by atoms with van der Waals surface area (Å²) in [7, 11) is 3.19. The molecule has 0 aliphatic heterocycles. The molecule has 1 aliphatic carbocycles. The molecule has 1 aliphatic rings. The van der Waals surface area contributed by atoms with E-state index in [1.807, 2.05) is 6.92 Å². The van der Waals surface area contributed by atoms with Gasteiger partial charge in [0.15, 0.2) is 0 Å². The molecular weight excluding hydrogens is 244 g/mol. The van der Waals surface area contributed by atoms with Crippen molar-refractivity contribution in [3.8, 4) is 0 Å². The predicted octanol–water partition coefficient (Wildman–Crippen LogP) is 1.03. The highest BCUT2D eigenvalue weighted by Gasteiger charge is 2.46. The first kappa shape index (κ1) is 16.4. The van der Waals surface area contributed by atoms with E-state index in [9.17, 15) is 4.79 Å². The first-order chi connectivity index (χ1) is 9.13. The Labute approximate surface area is 116 Å². The van der Waals surface area contributed by atoms with E-state index in [2.05, 4.69) is 17.1 Å². The summed E-state index contributed by atoms with van der Waals surface area (Å²) < 4.78 is 10.1. The van der Waals surface area contributed by atoms with Gasteiger partial charge in [0, 0.05) is 19.7 Å². The minimum Gasteiger partial charge on any atom is -0.468 e. The molecule has 1 saturated carbocycles. The maximum Gasteiger partial charge on any atom is 0.326 e. The standard InChI is InChI=1S/C14H28N2O3/c1-5-15-14(13(17)19-4)8-7-12(11-14)16(6-2)9-10-18-3/h12,15H,5-11H2,1-4H3. The summed E-state index contributed by atoms with van der Waals surface area (Å²) in [5.74, 6) is -0.125. The molecule has 0 aromatic heterocycles. The number of methoxy groups -OCH3 is 2. The molecule has 5 heteroatoms.